The molecule has 1 rings (SSSR count). The van der Waals surface area contributed by atoms with E-state index in [1.54, 1.807) is 19.1 Å². The van der Waals surface area contributed by atoms with Gasteiger partial charge in [-0.25, -0.2) is 0 Å². The molecule has 1 aromatic carbocycles. The van der Waals surface area contributed by atoms with Gasteiger partial charge in [-0.3, -0.25) is 0 Å². The van der Waals surface area contributed by atoms with Crippen LogP contribution in [0.1, 0.15) is 18.6 Å². The van der Waals surface area contributed by atoms with Crippen molar-refractivity contribution in [2.24, 2.45) is 0 Å². The molecule has 0 spiro atoms. The summed E-state index contributed by atoms with van der Waals surface area (Å²) in [5, 5.41) is 9.29. The maximum absolute atomic E-state index is 11.9. The standard InChI is InChI=1S/C9H9BrF2O2/c1-5(13)6-3-2-4-7(8(6)10)14-9(11)12/h2-5,9,13H,1H3. The van der Waals surface area contributed by atoms with E-state index in [0.29, 0.717) is 10.0 Å². The summed E-state index contributed by atoms with van der Waals surface area (Å²) < 4.78 is 28.5. The van der Waals surface area contributed by atoms with Crippen LogP contribution in [0.25, 0.3) is 0 Å². The molecule has 0 aliphatic rings. The first-order valence-electron chi connectivity index (χ1n) is 3.93. The molecule has 0 bridgehead atoms. The van der Waals surface area contributed by atoms with Crippen molar-refractivity contribution in [3.8, 4) is 5.75 Å². The van der Waals surface area contributed by atoms with Gasteiger partial charge in [-0.2, -0.15) is 8.78 Å². The smallest absolute Gasteiger partial charge is 0.387 e. The lowest BCUT2D eigenvalue weighted by atomic mass is 10.1. The van der Waals surface area contributed by atoms with Gasteiger partial charge in [0.25, 0.3) is 0 Å². The maximum atomic E-state index is 11.9. The molecule has 1 atom stereocenters. The molecule has 0 saturated heterocycles. The molecule has 0 radical (unpaired) electrons. The zero-order valence-electron chi connectivity index (χ0n) is 7.38. The quantitative estimate of drug-likeness (QED) is 0.911. The molecule has 78 valence electrons. The minimum Gasteiger partial charge on any atom is -0.434 e. The van der Waals surface area contributed by atoms with Crippen LogP contribution >= 0.6 is 15.9 Å². The predicted octanol–water partition coefficient (Wildman–Crippen LogP) is 3.10. The maximum Gasteiger partial charge on any atom is 0.387 e. The molecule has 2 nitrogen and oxygen atoms in total. The molecule has 1 unspecified atom stereocenters. The minimum absolute atomic E-state index is 0.0263. The molecular formula is C9H9BrF2O2. The Morgan fingerprint density at radius 2 is 2.07 bits per heavy atom. The molecule has 1 aromatic rings. The van der Waals surface area contributed by atoms with E-state index in [2.05, 4.69) is 20.7 Å². The number of benzene rings is 1. The first kappa shape index (κ1) is 11.4. The van der Waals surface area contributed by atoms with Gasteiger partial charge in [-0.1, -0.05) is 12.1 Å². The van der Waals surface area contributed by atoms with Crippen molar-refractivity contribution < 1.29 is 18.6 Å². The lowest BCUT2D eigenvalue weighted by Gasteiger charge is -2.12. The summed E-state index contributed by atoms with van der Waals surface area (Å²) in [5.74, 6) is 0.0263. The van der Waals surface area contributed by atoms with Crippen molar-refractivity contribution in [1.82, 2.24) is 0 Å². The number of hydrogen-bond donors (Lipinski definition) is 1. The van der Waals surface area contributed by atoms with Crippen LogP contribution in [0.15, 0.2) is 22.7 Å². The van der Waals surface area contributed by atoms with Crippen molar-refractivity contribution in [3.63, 3.8) is 0 Å². The van der Waals surface area contributed by atoms with Crippen molar-refractivity contribution in [2.75, 3.05) is 0 Å². The molecule has 14 heavy (non-hydrogen) atoms. The fourth-order valence-electron chi connectivity index (χ4n) is 1.04. The van der Waals surface area contributed by atoms with Gasteiger partial charge in [0.15, 0.2) is 0 Å². The molecule has 0 heterocycles. The number of halogens is 3. The summed E-state index contributed by atoms with van der Waals surface area (Å²) in [6, 6.07) is 4.58. The number of aliphatic hydroxyl groups is 1. The third-order valence-electron chi connectivity index (χ3n) is 1.66. The van der Waals surface area contributed by atoms with Crippen LogP contribution in [0, 0.1) is 0 Å². The third kappa shape index (κ3) is 2.65. The first-order valence-corrected chi connectivity index (χ1v) is 4.73. The van der Waals surface area contributed by atoms with Gasteiger partial charge in [-0.15, -0.1) is 0 Å². The molecule has 0 amide bonds. The number of rotatable bonds is 3. The fraction of sp³-hybridized carbons (Fsp3) is 0.333. The summed E-state index contributed by atoms with van der Waals surface area (Å²) in [6.45, 7) is -1.32. The average Bonchev–Trinajstić information content (AvgIpc) is 2.07. The van der Waals surface area contributed by atoms with Crippen LogP contribution in [0.4, 0.5) is 8.78 Å². The zero-order chi connectivity index (χ0) is 10.7. The van der Waals surface area contributed by atoms with Gasteiger partial charge in [0.05, 0.1) is 10.6 Å². The first-order chi connectivity index (χ1) is 6.52. The lowest BCUT2D eigenvalue weighted by molar-refractivity contribution is -0.0505. The average molecular weight is 267 g/mol. The van der Waals surface area contributed by atoms with Crippen molar-refractivity contribution in [1.29, 1.82) is 0 Å². The largest absolute Gasteiger partial charge is 0.434 e. The second-order valence-electron chi connectivity index (χ2n) is 2.71. The highest BCUT2D eigenvalue weighted by Crippen LogP contribution is 2.32. The Kier molecular flexibility index (Phi) is 3.83. The van der Waals surface area contributed by atoms with Crippen LogP contribution in [-0.2, 0) is 0 Å². The molecular weight excluding hydrogens is 258 g/mol. The number of ether oxygens (including phenoxy) is 1. The fourth-order valence-corrected chi connectivity index (χ4v) is 1.73. The van der Waals surface area contributed by atoms with Gasteiger partial charge in [0, 0.05) is 0 Å². The topological polar surface area (TPSA) is 29.5 Å². The van der Waals surface area contributed by atoms with E-state index in [9.17, 15) is 13.9 Å². The number of hydrogen-bond acceptors (Lipinski definition) is 2. The molecule has 0 aromatic heterocycles. The van der Waals surface area contributed by atoms with Crippen LogP contribution in [0.3, 0.4) is 0 Å². The summed E-state index contributed by atoms with van der Waals surface area (Å²) in [5.41, 5.74) is 0.517. The summed E-state index contributed by atoms with van der Waals surface area (Å²) >= 11 is 3.09. The van der Waals surface area contributed by atoms with Gasteiger partial charge in [0.2, 0.25) is 0 Å². The SMILES string of the molecule is CC(O)c1cccc(OC(F)F)c1Br. The van der Waals surface area contributed by atoms with E-state index in [-0.39, 0.29) is 5.75 Å². The van der Waals surface area contributed by atoms with E-state index >= 15 is 0 Å². The molecule has 0 fully saturated rings. The van der Waals surface area contributed by atoms with Gasteiger partial charge < -0.3 is 9.84 Å². The Labute approximate surface area is 88.6 Å². The monoisotopic (exact) mass is 266 g/mol. The van der Waals surface area contributed by atoms with Crippen LogP contribution in [-0.4, -0.2) is 11.7 Å². The van der Waals surface area contributed by atoms with Crippen LogP contribution in [0.5, 0.6) is 5.75 Å². The lowest BCUT2D eigenvalue weighted by Crippen LogP contribution is -2.04. The van der Waals surface area contributed by atoms with E-state index in [0.717, 1.165) is 0 Å². The highest BCUT2D eigenvalue weighted by atomic mass is 79.9. The van der Waals surface area contributed by atoms with Crippen molar-refractivity contribution >= 4 is 15.9 Å². The normalized spacial score (nSPS) is 13.0. The Morgan fingerprint density at radius 1 is 1.43 bits per heavy atom. The zero-order valence-corrected chi connectivity index (χ0v) is 8.96. The van der Waals surface area contributed by atoms with E-state index in [1.165, 1.54) is 6.07 Å². The summed E-state index contributed by atoms with van der Waals surface area (Å²) in [6.07, 6.45) is -0.731. The van der Waals surface area contributed by atoms with E-state index in [4.69, 9.17) is 0 Å². The Morgan fingerprint density at radius 3 is 2.57 bits per heavy atom. The van der Waals surface area contributed by atoms with E-state index in [1.807, 2.05) is 0 Å². The molecule has 5 heteroatoms. The number of aliphatic hydroxyl groups excluding tert-OH is 1. The van der Waals surface area contributed by atoms with Gasteiger partial charge in [-0.05, 0) is 34.5 Å². The molecule has 1 N–H and O–H groups in total. The van der Waals surface area contributed by atoms with Gasteiger partial charge in [0.1, 0.15) is 5.75 Å². The van der Waals surface area contributed by atoms with Crippen molar-refractivity contribution in [2.45, 2.75) is 19.6 Å². The Balaban J connectivity index is 3.01. The highest BCUT2D eigenvalue weighted by molar-refractivity contribution is 9.10. The second kappa shape index (κ2) is 4.70. The van der Waals surface area contributed by atoms with Gasteiger partial charge >= 0.3 is 6.61 Å². The second-order valence-corrected chi connectivity index (χ2v) is 3.51. The summed E-state index contributed by atoms with van der Waals surface area (Å²) in [4.78, 5) is 0. The molecule has 0 aliphatic carbocycles. The van der Waals surface area contributed by atoms with Crippen LogP contribution in [0.2, 0.25) is 0 Å². The number of alkyl halides is 2. The van der Waals surface area contributed by atoms with Crippen molar-refractivity contribution in [3.05, 3.63) is 28.2 Å². The van der Waals surface area contributed by atoms with Crippen LogP contribution < -0.4 is 4.74 Å². The highest BCUT2D eigenvalue weighted by Gasteiger charge is 2.13. The minimum atomic E-state index is -2.87. The Bertz CT molecular complexity index is 316. The Hall–Kier alpha value is -0.680. The predicted molar refractivity (Wildman–Crippen MR) is 51.4 cm³/mol. The van der Waals surface area contributed by atoms with E-state index < -0.39 is 12.7 Å². The molecule has 0 aliphatic heterocycles. The molecule has 0 saturated carbocycles. The summed E-state index contributed by atoms with van der Waals surface area (Å²) in [7, 11) is 0. The third-order valence-corrected chi connectivity index (χ3v) is 2.51.